The van der Waals surface area contributed by atoms with Gasteiger partial charge in [-0.1, -0.05) is 5.16 Å². The molecule has 1 aliphatic rings. The Hall–Kier alpha value is -1.25. The van der Waals surface area contributed by atoms with Crippen LogP contribution in [-0.4, -0.2) is 58.5 Å². The van der Waals surface area contributed by atoms with Crippen LogP contribution in [0.15, 0.2) is 10.5 Å². The van der Waals surface area contributed by atoms with Gasteiger partial charge in [0.2, 0.25) is 0 Å². The average molecular weight is 401 g/mol. The van der Waals surface area contributed by atoms with Crippen molar-refractivity contribution in [3.8, 4) is 0 Å². The van der Waals surface area contributed by atoms with E-state index < -0.39 is 28.2 Å². The maximum Gasteiger partial charge on any atom is 1.00 e. The van der Waals surface area contributed by atoms with Crippen molar-refractivity contribution in [3.63, 3.8) is 0 Å². The second kappa shape index (κ2) is 8.42. The van der Waals surface area contributed by atoms with Crippen molar-refractivity contribution < 1.29 is 58.4 Å². The van der Waals surface area contributed by atoms with Gasteiger partial charge in [0.15, 0.2) is 10.8 Å². The van der Waals surface area contributed by atoms with E-state index in [1.165, 1.54) is 5.38 Å². The molecule has 1 aliphatic heterocycles. The van der Waals surface area contributed by atoms with Crippen LogP contribution in [0.25, 0.3) is 0 Å². The molecule has 0 aromatic carbocycles. The number of anilines is 1. The second-order valence-corrected chi connectivity index (χ2v) is 7.26. The Morgan fingerprint density at radius 3 is 2.72 bits per heavy atom. The van der Waals surface area contributed by atoms with Crippen molar-refractivity contribution in [2.75, 3.05) is 12.3 Å². The molecular formula is C11H16N5NaO6S2. The molecule has 11 nitrogen and oxygen atoms in total. The molecule has 4 N–H and O–H groups in total. The van der Waals surface area contributed by atoms with Crippen LogP contribution >= 0.6 is 11.3 Å². The van der Waals surface area contributed by atoms with Gasteiger partial charge in [-0.15, -0.1) is 11.3 Å². The number of carbonyl (C=O) groups is 2. The summed E-state index contributed by atoms with van der Waals surface area (Å²) in [5.74, 6) is -1.73. The third kappa shape index (κ3) is 5.36. The fourth-order valence-corrected chi connectivity index (χ4v) is 2.94. The van der Waals surface area contributed by atoms with Gasteiger partial charge in [-0.25, -0.2) is 9.29 Å². The molecule has 134 valence electrons. The van der Waals surface area contributed by atoms with E-state index in [1.54, 1.807) is 13.8 Å². The first-order chi connectivity index (χ1) is 11.1. The van der Waals surface area contributed by atoms with Crippen LogP contribution in [0.2, 0.25) is 0 Å². The Kier molecular flexibility index (Phi) is 7.34. The van der Waals surface area contributed by atoms with Gasteiger partial charge in [-0.3, -0.25) is 14.1 Å². The number of amides is 2. The van der Waals surface area contributed by atoms with E-state index >= 15 is 0 Å². The Morgan fingerprint density at radius 2 is 2.28 bits per heavy atom. The first-order valence-corrected chi connectivity index (χ1v) is 8.92. The van der Waals surface area contributed by atoms with Gasteiger partial charge in [-0.2, -0.15) is 8.42 Å². The Balaban J connectivity index is 0.00000312. The van der Waals surface area contributed by atoms with Crippen molar-refractivity contribution >= 4 is 44.3 Å². The number of nitrogens with one attached hydrogen (secondary N) is 1. The zero-order valence-electron chi connectivity index (χ0n) is 14.7. The van der Waals surface area contributed by atoms with Gasteiger partial charge in [-0.05, 0) is 13.8 Å². The summed E-state index contributed by atoms with van der Waals surface area (Å²) in [7, 11) is -4.62. The number of nitrogens with zero attached hydrogens (tertiary/aromatic N) is 3. The maximum atomic E-state index is 12.3. The van der Waals surface area contributed by atoms with Crippen molar-refractivity contribution in [1.29, 1.82) is 0 Å². The molecule has 1 fully saturated rings. The number of hydrogen-bond acceptors (Lipinski definition) is 9. The smallest absolute Gasteiger partial charge is 1.00 e. The van der Waals surface area contributed by atoms with E-state index in [-0.39, 0.29) is 64.5 Å². The molecule has 0 radical (unpaired) electrons. The normalized spacial score (nSPS) is 17.8. The molecule has 0 bridgehead atoms. The van der Waals surface area contributed by atoms with Gasteiger partial charge >= 0.3 is 39.9 Å². The molecule has 1 saturated heterocycles. The standard InChI is InChI=1S/C11H15N5O6S2.Na.H/c1-5(2)22-15-8(7-4-23-11(12)14-7)9(17)13-6-3-16(10(6)18)24(19,20)21;;/h4-6H,3H2,1-2H3,(H2,12,14)(H,13,17)(H,19,20,21);;/q;+1;-1. The maximum absolute atomic E-state index is 12.3. The summed E-state index contributed by atoms with van der Waals surface area (Å²) in [5, 5.41) is 7.72. The first kappa shape index (κ1) is 21.8. The van der Waals surface area contributed by atoms with Crippen LogP contribution in [0.3, 0.4) is 0 Å². The van der Waals surface area contributed by atoms with Crippen LogP contribution in [-0.2, 0) is 24.7 Å². The van der Waals surface area contributed by atoms with Crippen LogP contribution in [0, 0.1) is 0 Å². The number of hydrogen-bond donors (Lipinski definition) is 3. The van der Waals surface area contributed by atoms with Gasteiger partial charge in [0.1, 0.15) is 17.8 Å². The van der Waals surface area contributed by atoms with E-state index in [0.717, 1.165) is 11.3 Å². The summed E-state index contributed by atoms with van der Waals surface area (Å²) in [6.07, 6.45) is -0.302. The van der Waals surface area contributed by atoms with Crippen molar-refractivity contribution in [2.24, 2.45) is 5.16 Å². The van der Waals surface area contributed by atoms with E-state index in [1.807, 2.05) is 0 Å². The van der Waals surface area contributed by atoms with Crippen LogP contribution in [0.4, 0.5) is 5.13 Å². The quantitative estimate of drug-likeness (QED) is 0.143. The van der Waals surface area contributed by atoms with Gasteiger partial charge < -0.3 is 17.3 Å². The zero-order valence-corrected chi connectivity index (χ0v) is 17.3. The fraction of sp³-hybridized carbons (Fsp3) is 0.455. The molecule has 1 unspecified atom stereocenters. The molecule has 2 heterocycles. The molecule has 0 spiro atoms. The minimum absolute atomic E-state index is 0. The van der Waals surface area contributed by atoms with Gasteiger partial charge in [0.25, 0.3) is 11.8 Å². The number of carbonyl (C=O) groups excluding carboxylic acids is 2. The van der Waals surface area contributed by atoms with Gasteiger partial charge in [0.05, 0.1) is 6.54 Å². The zero-order chi connectivity index (χ0) is 18.1. The predicted molar refractivity (Wildman–Crippen MR) is 85.6 cm³/mol. The number of nitrogen functional groups attached to an aromatic ring is 1. The Bertz CT molecular complexity index is 799. The number of thiazole rings is 1. The molecular weight excluding hydrogens is 385 g/mol. The monoisotopic (exact) mass is 401 g/mol. The van der Waals surface area contributed by atoms with Crippen molar-refractivity contribution in [1.82, 2.24) is 14.6 Å². The molecule has 0 aliphatic carbocycles. The summed E-state index contributed by atoms with van der Waals surface area (Å²) < 4.78 is 30.8. The summed E-state index contributed by atoms with van der Waals surface area (Å²) in [5.41, 5.74) is 5.49. The second-order valence-electron chi connectivity index (χ2n) is 5.04. The van der Waals surface area contributed by atoms with E-state index in [4.69, 9.17) is 15.1 Å². The number of rotatable bonds is 6. The third-order valence-electron chi connectivity index (χ3n) is 2.81. The number of oxime groups is 1. The summed E-state index contributed by atoms with van der Waals surface area (Å²) in [6, 6.07) is -1.10. The SMILES string of the molecule is CC(C)ON=C(C(=O)NC1CN(S(=O)(=O)O)C1=O)c1csc(N)n1.[H-].[Na+]. The molecule has 2 amide bonds. The minimum Gasteiger partial charge on any atom is -1.00 e. The first-order valence-electron chi connectivity index (χ1n) is 6.64. The van der Waals surface area contributed by atoms with Gasteiger partial charge in [0, 0.05) is 5.38 Å². The van der Waals surface area contributed by atoms with Crippen LogP contribution < -0.4 is 40.6 Å². The minimum atomic E-state index is -4.62. The Labute approximate surface area is 171 Å². The van der Waals surface area contributed by atoms with E-state index in [2.05, 4.69) is 15.5 Å². The molecule has 14 heteroatoms. The Morgan fingerprint density at radius 1 is 1.64 bits per heavy atom. The van der Waals surface area contributed by atoms with Crippen molar-refractivity contribution in [2.45, 2.75) is 26.0 Å². The predicted octanol–water partition coefficient (Wildman–Crippen LogP) is -3.90. The summed E-state index contributed by atoms with van der Waals surface area (Å²) in [6.45, 7) is 3.03. The van der Waals surface area contributed by atoms with E-state index in [9.17, 15) is 18.0 Å². The summed E-state index contributed by atoms with van der Waals surface area (Å²) >= 11 is 1.09. The molecule has 1 atom stereocenters. The molecule has 0 saturated carbocycles. The molecule has 1 aromatic heterocycles. The number of β-lactam (4-membered cyclic amide) rings is 1. The van der Waals surface area contributed by atoms with Crippen LogP contribution in [0.5, 0.6) is 0 Å². The number of aromatic nitrogens is 1. The van der Waals surface area contributed by atoms with E-state index in [0.29, 0.717) is 0 Å². The summed E-state index contributed by atoms with van der Waals surface area (Å²) in [4.78, 5) is 32.9. The number of nitrogens with two attached hydrogens (primary N) is 1. The fourth-order valence-electron chi connectivity index (χ4n) is 1.70. The molecule has 2 rings (SSSR count). The largest absolute Gasteiger partial charge is 1.00 e. The topological polar surface area (TPSA) is 164 Å². The van der Waals surface area contributed by atoms with Crippen molar-refractivity contribution in [3.05, 3.63) is 11.1 Å². The third-order valence-corrected chi connectivity index (χ3v) is 4.37. The average Bonchev–Trinajstić information content (AvgIpc) is 2.87. The molecule has 1 aromatic rings. The molecule has 25 heavy (non-hydrogen) atoms. The van der Waals surface area contributed by atoms with Crippen LogP contribution in [0.1, 0.15) is 21.0 Å².